The minimum Gasteiger partial charge on any atom is -0.447 e. The van der Waals surface area contributed by atoms with E-state index >= 15 is 0 Å². The van der Waals surface area contributed by atoms with E-state index in [1.54, 1.807) is 6.07 Å². The van der Waals surface area contributed by atoms with Crippen molar-refractivity contribution in [2.75, 3.05) is 14.1 Å². The summed E-state index contributed by atoms with van der Waals surface area (Å²) >= 11 is 1.48. The van der Waals surface area contributed by atoms with Crippen LogP contribution in [0.25, 0.3) is 11.4 Å². The summed E-state index contributed by atoms with van der Waals surface area (Å²) in [6.07, 6.45) is 0.955. The van der Waals surface area contributed by atoms with Crippen LogP contribution in [0.5, 0.6) is 0 Å². The molecule has 3 aromatic rings. The number of rotatable bonds is 8. The van der Waals surface area contributed by atoms with Crippen LogP contribution in [-0.4, -0.2) is 41.6 Å². The van der Waals surface area contributed by atoms with Crippen LogP contribution in [0.3, 0.4) is 0 Å². The minimum absolute atomic E-state index is 0.0522. The molecule has 0 atom stereocenters. The molecule has 28 heavy (non-hydrogen) atoms. The molecule has 0 bridgehead atoms. The van der Waals surface area contributed by atoms with Gasteiger partial charge in [-0.05, 0) is 31.5 Å². The highest BCUT2D eigenvalue weighted by Gasteiger charge is 2.22. The van der Waals surface area contributed by atoms with Gasteiger partial charge in [-0.3, -0.25) is 0 Å². The van der Waals surface area contributed by atoms with Gasteiger partial charge in [-0.25, -0.2) is 12.7 Å². The lowest BCUT2D eigenvalue weighted by atomic mass is 10.1. The van der Waals surface area contributed by atoms with Gasteiger partial charge in [-0.2, -0.15) is 0 Å². The number of hydrogen-bond acceptors (Lipinski definition) is 6. The fourth-order valence-electron chi connectivity index (χ4n) is 2.71. The smallest absolute Gasteiger partial charge is 0.275 e. The number of aromatic nitrogens is 3. The molecule has 0 aliphatic rings. The van der Waals surface area contributed by atoms with E-state index in [9.17, 15) is 8.42 Å². The van der Waals surface area contributed by atoms with Crippen molar-refractivity contribution in [3.8, 4) is 11.4 Å². The van der Waals surface area contributed by atoms with Gasteiger partial charge in [0.05, 0.1) is 5.75 Å². The second-order valence-electron chi connectivity index (χ2n) is 6.62. The van der Waals surface area contributed by atoms with Crippen molar-refractivity contribution in [3.05, 3.63) is 47.7 Å². The van der Waals surface area contributed by atoms with Crippen LogP contribution < -0.4 is 0 Å². The Labute approximate surface area is 169 Å². The number of hydrogen-bond donors (Lipinski definition) is 0. The molecule has 1 aromatic carbocycles. The van der Waals surface area contributed by atoms with Gasteiger partial charge >= 0.3 is 0 Å². The lowest BCUT2D eigenvalue weighted by Gasteiger charge is -2.09. The number of furan rings is 1. The van der Waals surface area contributed by atoms with Gasteiger partial charge in [-0.15, -0.1) is 10.2 Å². The van der Waals surface area contributed by atoms with E-state index < -0.39 is 10.0 Å². The van der Waals surface area contributed by atoms with Gasteiger partial charge in [0.25, 0.3) is 10.0 Å². The average Bonchev–Trinajstić information content (AvgIpc) is 3.28. The SMILES string of the molecule is CCCn1c(SCc2ccc(S(=O)(=O)N(C)C)o2)nnc1-c1cccc(C)c1. The molecule has 0 aliphatic heterocycles. The summed E-state index contributed by atoms with van der Waals surface area (Å²) in [5.41, 5.74) is 2.20. The van der Waals surface area contributed by atoms with E-state index in [1.807, 2.05) is 12.1 Å². The molecule has 7 nitrogen and oxygen atoms in total. The van der Waals surface area contributed by atoms with Crippen molar-refractivity contribution in [2.45, 2.75) is 42.8 Å². The molecular formula is C19H24N4O3S2. The van der Waals surface area contributed by atoms with Crippen molar-refractivity contribution in [1.82, 2.24) is 19.1 Å². The van der Waals surface area contributed by atoms with E-state index in [0.717, 1.165) is 33.8 Å². The first-order valence-electron chi connectivity index (χ1n) is 8.97. The zero-order valence-electron chi connectivity index (χ0n) is 16.4. The molecule has 0 unspecified atom stereocenters. The summed E-state index contributed by atoms with van der Waals surface area (Å²) in [5.74, 6) is 1.88. The maximum atomic E-state index is 12.1. The zero-order chi connectivity index (χ0) is 20.3. The molecule has 0 amide bonds. The first-order chi connectivity index (χ1) is 13.3. The van der Waals surface area contributed by atoms with Crippen molar-refractivity contribution in [2.24, 2.45) is 0 Å². The van der Waals surface area contributed by atoms with Gasteiger partial charge in [-0.1, -0.05) is 42.4 Å². The highest BCUT2D eigenvalue weighted by atomic mass is 32.2. The second-order valence-corrected chi connectivity index (χ2v) is 9.65. The molecule has 0 saturated heterocycles. The fourth-order valence-corrected chi connectivity index (χ4v) is 4.38. The normalized spacial score (nSPS) is 12.0. The van der Waals surface area contributed by atoms with Crippen molar-refractivity contribution >= 4 is 21.8 Å². The van der Waals surface area contributed by atoms with E-state index in [0.29, 0.717) is 11.5 Å². The molecule has 150 valence electrons. The molecule has 3 rings (SSSR count). The van der Waals surface area contributed by atoms with Crippen LogP contribution >= 0.6 is 11.8 Å². The summed E-state index contributed by atoms with van der Waals surface area (Å²) in [7, 11) is -0.611. The Kier molecular flexibility index (Phi) is 6.26. The van der Waals surface area contributed by atoms with E-state index in [2.05, 4.69) is 40.7 Å². The van der Waals surface area contributed by atoms with Gasteiger partial charge in [0.1, 0.15) is 5.76 Å². The monoisotopic (exact) mass is 420 g/mol. The van der Waals surface area contributed by atoms with Crippen LogP contribution in [0.4, 0.5) is 0 Å². The minimum atomic E-state index is -3.57. The molecule has 0 saturated carbocycles. The predicted molar refractivity (Wildman–Crippen MR) is 110 cm³/mol. The highest BCUT2D eigenvalue weighted by molar-refractivity contribution is 7.98. The first-order valence-corrected chi connectivity index (χ1v) is 11.4. The lowest BCUT2D eigenvalue weighted by Crippen LogP contribution is -2.21. The summed E-state index contributed by atoms with van der Waals surface area (Å²) in [5, 5.41) is 9.46. The highest BCUT2D eigenvalue weighted by Crippen LogP contribution is 2.28. The van der Waals surface area contributed by atoms with Gasteiger partial charge in [0.15, 0.2) is 11.0 Å². The Bertz CT molecular complexity index is 1050. The summed E-state index contributed by atoms with van der Waals surface area (Å²) in [4.78, 5) is 0. The van der Waals surface area contributed by atoms with Crippen LogP contribution in [0, 0.1) is 6.92 Å². The van der Waals surface area contributed by atoms with E-state index in [-0.39, 0.29) is 5.09 Å². The summed E-state index contributed by atoms with van der Waals surface area (Å²) in [6, 6.07) is 11.4. The number of sulfonamides is 1. The van der Waals surface area contributed by atoms with Crippen LogP contribution in [-0.2, 0) is 22.3 Å². The average molecular weight is 421 g/mol. The molecule has 0 spiro atoms. The molecule has 0 aliphatic carbocycles. The van der Waals surface area contributed by atoms with Gasteiger partial charge in [0, 0.05) is 26.2 Å². The Balaban J connectivity index is 1.81. The molecule has 2 aromatic heterocycles. The van der Waals surface area contributed by atoms with Crippen LogP contribution in [0.15, 0.2) is 51.1 Å². The first kappa shape index (κ1) is 20.6. The zero-order valence-corrected chi connectivity index (χ0v) is 18.0. The molecule has 2 heterocycles. The number of benzene rings is 1. The third-order valence-electron chi connectivity index (χ3n) is 4.16. The lowest BCUT2D eigenvalue weighted by molar-refractivity contribution is 0.408. The molecule has 0 N–H and O–H groups in total. The molecular weight excluding hydrogens is 396 g/mol. The largest absolute Gasteiger partial charge is 0.447 e. The number of thioether (sulfide) groups is 1. The van der Waals surface area contributed by atoms with E-state index in [4.69, 9.17) is 4.42 Å². The molecule has 9 heteroatoms. The summed E-state index contributed by atoms with van der Waals surface area (Å²) < 4.78 is 33.1. The Morgan fingerprint density at radius 3 is 2.64 bits per heavy atom. The maximum Gasteiger partial charge on any atom is 0.275 e. The van der Waals surface area contributed by atoms with Crippen LogP contribution in [0.1, 0.15) is 24.7 Å². The topological polar surface area (TPSA) is 81.2 Å². The van der Waals surface area contributed by atoms with E-state index in [1.165, 1.54) is 37.5 Å². The quantitative estimate of drug-likeness (QED) is 0.516. The van der Waals surface area contributed by atoms with Crippen molar-refractivity contribution in [1.29, 1.82) is 0 Å². The maximum absolute atomic E-state index is 12.1. The van der Waals surface area contributed by atoms with Crippen molar-refractivity contribution < 1.29 is 12.8 Å². The fraction of sp³-hybridized carbons (Fsp3) is 0.368. The molecule has 0 radical (unpaired) electrons. The Hall–Kier alpha value is -2.10. The third kappa shape index (κ3) is 4.31. The van der Waals surface area contributed by atoms with Crippen molar-refractivity contribution in [3.63, 3.8) is 0 Å². The van der Waals surface area contributed by atoms with Gasteiger partial charge < -0.3 is 8.98 Å². The third-order valence-corrected chi connectivity index (χ3v) is 6.83. The predicted octanol–water partition coefficient (Wildman–Crippen LogP) is 3.80. The molecule has 0 fully saturated rings. The number of nitrogens with zero attached hydrogens (tertiary/aromatic N) is 4. The Morgan fingerprint density at radius 1 is 1.18 bits per heavy atom. The van der Waals surface area contributed by atoms with Crippen LogP contribution in [0.2, 0.25) is 0 Å². The Morgan fingerprint density at radius 2 is 1.96 bits per heavy atom. The van der Waals surface area contributed by atoms with Gasteiger partial charge in [0.2, 0.25) is 5.09 Å². The number of aryl methyl sites for hydroxylation is 1. The standard InChI is InChI=1S/C19H24N4O3S2/c1-5-11-23-18(15-8-6-7-14(2)12-15)20-21-19(23)27-13-16-9-10-17(26-16)28(24,25)22(3)4/h6-10,12H,5,11,13H2,1-4H3. The summed E-state index contributed by atoms with van der Waals surface area (Å²) in [6.45, 7) is 4.96. The second kappa shape index (κ2) is 8.50.